The van der Waals surface area contributed by atoms with Crippen LogP contribution in [-0.4, -0.2) is 21.4 Å². The molecular formula is C11H12N2O4S2. The third-order valence-corrected chi connectivity index (χ3v) is 5.37. The Morgan fingerprint density at radius 3 is 2.79 bits per heavy atom. The smallest absolute Gasteiger partial charge is 0.254 e. The first kappa shape index (κ1) is 13.8. The minimum absolute atomic E-state index is 0.225. The lowest BCUT2D eigenvalue weighted by Gasteiger charge is -2.00. The zero-order valence-electron chi connectivity index (χ0n) is 10.0. The molecule has 0 aliphatic rings. The largest absolute Gasteiger partial charge is 0.472 e. The van der Waals surface area contributed by atoms with Crippen molar-refractivity contribution in [3.63, 3.8) is 0 Å². The first-order valence-corrected chi connectivity index (χ1v) is 7.65. The van der Waals surface area contributed by atoms with Gasteiger partial charge in [-0.25, -0.2) is 13.1 Å². The highest BCUT2D eigenvalue weighted by molar-refractivity contribution is 7.91. The topological polar surface area (TPSA) is 88.4 Å². The number of amides is 1. The van der Waals surface area contributed by atoms with Crippen molar-refractivity contribution in [2.24, 2.45) is 0 Å². The van der Waals surface area contributed by atoms with Crippen LogP contribution < -0.4 is 10.0 Å². The first-order chi connectivity index (χ1) is 9.03. The van der Waals surface area contributed by atoms with E-state index in [0.29, 0.717) is 5.56 Å². The Balaban J connectivity index is 2.00. The van der Waals surface area contributed by atoms with E-state index in [0.717, 1.165) is 16.2 Å². The third-order valence-electron chi connectivity index (χ3n) is 2.38. The van der Waals surface area contributed by atoms with Gasteiger partial charge in [0.05, 0.1) is 18.4 Å². The van der Waals surface area contributed by atoms with Gasteiger partial charge in [-0.3, -0.25) is 4.79 Å². The number of furan rings is 1. The Labute approximate surface area is 114 Å². The average molecular weight is 300 g/mol. The van der Waals surface area contributed by atoms with Crippen molar-refractivity contribution < 1.29 is 17.6 Å². The van der Waals surface area contributed by atoms with Gasteiger partial charge < -0.3 is 9.73 Å². The van der Waals surface area contributed by atoms with E-state index in [4.69, 9.17) is 4.42 Å². The van der Waals surface area contributed by atoms with Gasteiger partial charge in [0.15, 0.2) is 0 Å². The highest BCUT2D eigenvalue weighted by Crippen LogP contribution is 2.21. The monoisotopic (exact) mass is 300 g/mol. The van der Waals surface area contributed by atoms with Gasteiger partial charge in [0.2, 0.25) is 10.0 Å². The van der Waals surface area contributed by atoms with Crippen LogP contribution >= 0.6 is 11.3 Å². The maximum Gasteiger partial charge on any atom is 0.254 e. The lowest BCUT2D eigenvalue weighted by atomic mass is 10.3. The highest BCUT2D eigenvalue weighted by atomic mass is 32.2. The summed E-state index contributed by atoms with van der Waals surface area (Å²) in [6, 6.07) is 4.74. The number of nitrogens with one attached hydrogen (secondary N) is 2. The van der Waals surface area contributed by atoms with Crippen LogP contribution in [0.25, 0.3) is 0 Å². The van der Waals surface area contributed by atoms with E-state index in [-0.39, 0.29) is 16.7 Å². The van der Waals surface area contributed by atoms with Crippen LogP contribution in [0.3, 0.4) is 0 Å². The van der Waals surface area contributed by atoms with Crippen LogP contribution in [0.15, 0.2) is 39.4 Å². The van der Waals surface area contributed by atoms with Gasteiger partial charge in [0, 0.05) is 4.88 Å². The van der Waals surface area contributed by atoms with Crippen LogP contribution in [0.2, 0.25) is 0 Å². The summed E-state index contributed by atoms with van der Waals surface area (Å²) < 4.78 is 30.3. The number of carbonyl (C=O) groups excluding carboxylic acids is 1. The molecule has 2 heterocycles. The summed E-state index contributed by atoms with van der Waals surface area (Å²) in [6.07, 6.45) is 2.76. The molecule has 2 aromatic rings. The molecule has 0 aromatic carbocycles. The lowest BCUT2D eigenvalue weighted by Crippen LogP contribution is -2.21. The van der Waals surface area contributed by atoms with Gasteiger partial charge in [0.25, 0.3) is 5.91 Å². The van der Waals surface area contributed by atoms with E-state index in [9.17, 15) is 13.2 Å². The van der Waals surface area contributed by atoms with Gasteiger partial charge in [-0.2, -0.15) is 0 Å². The average Bonchev–Trinajstić information content (AvgIpc) is 3.07. The summed E-state index contributed by atoms with van der Waals surface area (Å²) in [5.74, 6) is -0.264. The molecular weight excluding hydrogens is 288 g/mol. The number of hydrogen-bond acceptors (Lipinski definition) is 5. The van der Waals surface area contributed by atoms with Crippen molar-refractivity contribution in [1.82, 2.24) is 10.0 Å². The van der Waals surface area contributed by atoms with E-state index in [1.165, 1.54) is 25.6 Å². The number of rotatable bonds is 5. The number of thiophene rings is 1. The molecule has 19 heavy (non-hydrogen) atoms. The van der Waals surface area contributed by atoms with Crippen molar-refractivity contribution in [2.75, 3.05) is 7.05 Å². The number of sulfonamides is 1. The van der Waals surface area contributed by atoms with Crippen LogP contribution in [-0.2, 0) is 16.6 Å². The van der Waals surface area contributed by atoms with Crippen molar-refractivity contribution in [3.05, 3.63) is 41.2 Å². The van der Waals surface area contributed by atoms with E-state index >= 15 is 0 Å². The Kier molecular flexibility index (Phi) is 4.03. The van der Waals surface area contributed by atoms with Crippen molar-refractivity contribution in [1.29, 1.82) is 0 Å². The molecule has 0 saturated carbocycles. The van der Waals surface area contributed by atoms with E-state index in [2.05, 4.69) is 10.0 Å². The molecule has 0 atom stereocenters. The summed E-state index contributed by atoms with van der Waals surface area (Å²) in [5.41, 5.74) is 0.430. The molecule has 6 nitrogen and oxygen atoms in total. The van der Waals surface area contributed by atoms with Crippen LogP contribution in [0.5, 0.6) is 0 Å². The van der Waals surface area contributed by atoms with Crippen LogP contribution in [0.1, 0.15) is 15.2 Å². The molecule has 0 saturated heterocycles. The van der Waals surface area contributed by atoms with Gasteiger partial charge in [0.1, 0.15) is 10.5 Å². The lowest BCUT2D eigenvalue weighted by molar-refractivity contribution is 0.0950. The van der Waals surface area contributed by atoms with Gasteiger partial charge in [-0.1, -0.05) is 0 Å². The molecule has 0 aliphatic heterocycles. The zero-order chi connectivity index (χ0) is 13.9. The van der Waals surface area contributed by atoms with Crippen molar-refractivity contribution in [3.8, 4) is 0 Å². The van der Waals surface area contributed by atoms with E-state index < -0.39 is 10.0 Å². The summed E-state index contributed by atoms with van der Waals surface area (Å²) in [5, 5.41) is 2.68. The molecule has 2 N–H and O–H groups in total. The minimum Gasteiger partial charge on any atom is -0.472 e. The molecule has 102 valence electrons. The predicted molar refractivity (Wildman–Crippen MR) is 70.4 cm³/mol. The van der Waals surface area contributed by atoms with Gasteiger partial charge in [-0.15, -0.1) is 11.3 Å². The quantitative estimate of drug-likeness (QED) is 0.868. The Morgan fingerprint density at radius 2 is 2.16 bits per heavy atom. The molecule has 2 rings (SSSR count). The van der Waals surface area contributed by atoms with Gasteiger partial charge in [-0.05, 0) is 25.2 Å². The highest BCUT2D eigenvalue weighted by Gasteiger charge is 2.14. The van der Waals surface area contributed by atoms with Crippen molar-refractivity contribution >= 4 is 27.3 Å². The molecule has 8 heteroatoms. The first-order valence-electron chi connectivity index (χ1n) is 5.35. The van der Waals surface area contributed by atoms with Crippen molar-refractivity contribution in [2.45, 2.75) is 10.8 Å². The summed E-state index contributed by atoms with van der Waals surface area (Å²) >= 11 is 1.12. The zero-order valence-corrected chi connectivity index (χ0v) is 11.7. The predicted octanol–water partition coefficient (Wildman–Crippen LogP) is 1.18. The Hall–Kier alpha value is -1.64. The molecule has 0 radical (unpaired) electrons. The maximum absolute atomic E-state index is 11.6. The maximum atomic E-state index is 11.6. The normalized spacial score (nSPS) is 11.4. The Bertz CT molecular complexity index is 659. The van der Waals surface area contributed by atoms with E-state index in [1.54, 1.807) is 12.1 Å². The summed E-state index contributed by atoms with van der Waals surface area (Å²) in [4.78, 5) is 12.4. The third kappa shape index (κ3) is 3.22. The fourth-order valence-corrected chi connectivity index (χ4v) is 3.49. The van der Waals surface area contributed by atoms with Crippen LogP contribution in [0.4, 0.5) is 0 Å². The Morgan fingerprint density at radius 1 is 1.37 bits per heavy atom. The number of carbonyl (C=O) groups is 1. The van der Waals surface area contributed by atoms with Gasteiger partial charge >= 0.3 is 0 Å². The summed E-state index contributed by atoms with van der Waals surface area (Å²) in [6.45, 7) is 0.272. The molecule has 0 fully saturated rings. The molecule has 0 bridgehead atoms. The standard InChI is InChI=1S/C11H12N2O4S2/c1-12-19(15,16)10-3-2-9(18-10)6-13-11(14)8-4-5-17-7-8/h2-5,7,12H,6H2,1H3,(H,13,14). The van der Waals surface area contributed by atoms with E-state index in [1.807, 2.05) is 0 Å². The molecule has 0 unspecified atom stereocenters. The summed E-state index contributed by atoms with van der Waals surface area (Å²) in [7, 11) is -2.06. The SMILES string of the molecule is CNS(=O)(=O)c1ccc(CNC(=O)c2ccoc2)s1. The number of hydrogen-bond donors (Lipinski definition) is 2. The minimum atomic E-state index is -3.42. The molecule has 0 spiro atoms. The second kappa shape index (κ2) is 5.55. The molecule has 2 aromatic heterocycles. The second-order valence-corrected chi connectivity index (χ2v) is 6.90. The fourth-order valence-electron chi connectivity index (χ4n) is 1.36. The molecule has 1 amide bonds. The fraction of sp³-hybridized carbons (Fsp3) is 0.182. The second-order valence-electron chi connectivity index (χ2n) is 3.62. The van der Waals surface area contributed by atoms with Crippen LogP contribution in [0, 0.1) is 0 Å². The molecule has 0 aliphatic carbocycles.